The van der Waals surface area contributed by atoms with Gasteiger partial charge in [0, 0.05) is 31.2 Å². The molecule has 0 saturated heterocycles. The van der Waals surface area contributed by atoms with Gasteiger partial charge in [0.2, 0.25) is 0 Å². The van der Waals surface area contributed by atoms with Crippen LogP contribution in [-0.4, -0.2) is 9.52 Å². The second kappa shape index (κ2) is 15.9. The minimum absolute atomic E-state index is 0. The van der Waals surface area contributed by atoms with Crippen molar-refractivity contribution in [2.45, 2.75) is 61.6 Å². The van der Waals surface area contributed by atoms with E-state index in [0.717, 1.165) is 20.8 Å². The summed E-state index contributed by atoms with van der Waals surface area (Å²) in [6.07, 6.45) is 7.21. The smallest absolute Gasteiger partial charge is 0.126 e. The molecular weight excluding hydrogens is 380 g/mol. The summed E-state index contributed by atoms with van der Waals surface area (Å²) in [6.45, 7) is 19.2. The molecule has 1 aliphatic rings. The molecule has 1 aromatic rings. The molecule has 147 valence electrons. The van der Waals surface area contributed by atoms with Gasteiger partial charge in [-0.3, -0.25) is 6.08 Å². The average Bonchev–Trinajstić information content (AvgIpc) is 2.81. The number of rotatable bonds is 3. The van der Waals surface area contributed by atoms with Crippen LogP contribution in [0.2, 0.25) is 13.1 Å². The molecule has 1 nitrogen and oxygen atoms in total. The van der Waals surface area contributed by atoms with E-state index in [9.17, 15) is 0 Å². The Labute approximate surface area is 185 Å². The maximum Gasteiger partial charge on any atom is 0.126 e. The maximum absolute atomic E-state index is 5.46. The molecule has 0 amide bonds. The van der Waals surface area contributed by atoms with Crippen molar-refractivity contribution in [1.29, 1.82) is 0 Å². The second-order valence-electron chi connectivity index (χ2n) is 6.89. The molecule has 1 unspecified atom stereocenters. The Morgan fingerprint density at radius 2 is 1.56 bits per heavy atom. The van der Waals surface area contributed by atoms with Crippen LogP contribution in [0, 0.1) is 12.0 Å². The number of allylic oxidation sites excluding steroid dienone is 7. The molecule has 0 saturated carbocycles. The first kappa shape index (κ1) is 28.1. The van der Waals surface area contributed by atoms with Crippen molar-refractivity contribution in [3.63, 3.8) is 0 Å². The molecule has 3 heteroatoms. The molecule has 1 aliphatic carbocycles. The van der Waals surface area contributed by atoms with Gasteiger partial charge in [-0.05, 0) is 38.5 Å². The Hall–Kier alpha value is -1.09. The molecule has 0 aliphatic heterocycles. The number of benzene rings is 1. The molecule has 0 bridgehead atoms. The van der Waals surface area contributed by atoms with Gasteiger partial charge in [0.25, 0.3) is 0 Å². The first-order valence-electron chi connectivity index (χ1n) is 9.28. The van der Waals surface area contributed by atoms with Gasteiger partial charge in [0.15, 0.2) is 0 Å². The number of para-hydroxylation sites is 1. The van der Waals surface area contributed by atoms with Crippen LogP contribution >= 0.6 is 0 Å². The van der Waals surface area contributed by atoms with Crippen LogP contribution < -0.4 is 4.74 Å². The molecule has 1 atom stereocenters. The normalized spacial score (nSPS) is 15.4. The molecule has 0 heterocycles. The van der Waals surface area contributed by atoms with Crippen LogP contribution in [0.25, 0.3) is 0 Å². The van der Waals surface area contributed by atoms with E-state index < -0.39 is 0 Å². The van der Waals surface area contributed by atoms with Gasteiger partial charge < -0.3 is 4.74 Å². The van der Waals surface area contributed by atoms with Gasteiger partial charge in [-0.15, -0.1) is 6.92 Å². The van der Waals surface area contributed by atoms with E-state index in [-0.39, 0.29) is 21.7 Å². The van der Waals surface area contributed by atoms with Gasteiger partial charge in [0.1, 0.15) is 5.75 Å². The molecular formula is C24H36OSiTi-. The predicted octanol–water partition coefficient (Wildman–Crippen LogP) is 7.17. The fourth-order valence-corrected chi connectivity index (χ4v) is 2.31. The molecule has 1 aromatic carbocycles. The van der Waals surface area contributed by atoms with Crippen molar-refractivity contribution < 1.29 is 26.5 Å². The summed E-state index contributed by atoms with van der Waals surface area (Å²) < 4.78 is 5.46. The van der Waals surface area contributed by atoms with Gasteiger partial charge in [-0.1, -0.05) is 69.6 Å². The van der Waals surface area contributed by atoms with Crippen molar-refractivity contribution in [2.24, 2.45) is 5.92 Å². The third-order valence-corrected chi connectivity index (χ3v) is 3.88. The largest absolute Gasteiger partial charge is 0.465 e. The summed E-state index contributed by atoms with van der Waals surface area (Å²) in [6, 6.07) is 9.76. The van der Waals surface area contributed by atoms with Crippen molar-refractivity contribution in [1.82, 2.24) is 0 Å². The minimum atomic E-state index is 0. The first-order chi connectivity index (χ1) is 12.2. The Kier molecular flexibility index (Phi) is 16.6. The molecule has 0 fully saturated rings. The van der Waals surface area contributed by atoms with E-state index in [2.05, 4.69) is 66.8 Å². The molecule has 0 spiro atoms. The van der Waals surface area contributed by atoms with Gasteiger partial charge in [-0.2, -0.15) is 11.1 Å². The van der Waals surface area contributed by atoms with E-state index in [0.29, 0.717) is 5.92 Å². The molecule has 27 heavy (non-hydrogen) atoms. The molecule has 2 rings (SSSR count). The molecule has 1 radical (unpaired) electrons. The number of hydrogen-bond donors (Lipinski definition) is 0. The van der Waals surface area contributed by atoms with E-state index in [1.807, 2.05) is 37.3 Å². The predicted molar refractivity (Wildman–Crippen MR) is 119 cm³/mol. The van der Waals surface area contributed by atoms with E-state index >= 15 is 0 Å². The van der Waals surface area contributed by atoms with E-state index in [4.69, 9.17) is 4.74 Å². The van der Waals surface area contributed by atoms with E-state index in [1.54, 1.807) is 6.26 Å². The summed E-state index contributed by atoms with van der Waals surface area (Å²) in [5, 5.41) is 0. The van der Waals surface area contributed by atoms with Crippen LogP contribution in [0.5, 0.6) is 5.75 Å². The fourth-order valence-electron chi connectivity index (χ4n) is 2.31. The van der Waals surface area contributed by atoms with E-state index in [1.165, 1.54) is 22.3 Å². The van der Waals surface area contributed by atoms with Gasteiger partial charge >= 0.3 is 0 Å². The van der Waals surface area contributed by atoms with Crippen molar-refractivity contribution in [3.05, 3.63) is 76.6 Å². The number of ether oxygens (including phenoxy) is 1. The van der Waals surface area contributed by atoms with Crippen LogP contribution in [0.1, 0.15) is 48.5 Å². The Morgan fingerprint density at radius 3 is 1.89 bits per heavy atom. The SMILES string of the molecule is CC(C)=CC(C)=COc1ccccc1.CC1=[C-]C(C)C(C)=C1C.C[SiH]C.[Ti]. The zero-order valence-corrected chi connectivity index (χ0v) is 21.3. The summed E-state index contributed by atoms with van der Waals surface area (Å²) in [4.78, 5) is 0. The second-order valence-corrected chi connectivity index (χ2v) is 8.05. The van der Waals surface area contributed by atoms with Gasteiger partial charge in [0.05, 0.1) is 6.26 Å². The Morgan fingerprint density at radius 1 is 1.04 bits per heavy atom. The summed E-state index contributed by atoms with van der Waals surface area (Å²) >= 11 is 0. The Bertz CT molecular complexity index is 650. The third-order valence-electron chi connectivity index (χ3n) is 3.88. The summed E-state index contributed by atoms with van der Waals surface area (Å²) in [7, 11) is 0.750. The quantitative estimate of drug-likeness (QED) is 0.220. The average molecular weight is 417 g/mol. The summed E-state index contributed by atoms with van der Waals surface area (Å²) in [5.74, 6) is 1.43. The molecule has 0 aromatic heterocycles. The fraction of sp³-hybridized carbons (Fsp3) is 0.417. The van der Waals surface area contributed by atoms with Crippen LogP contribution in [0.15, 0.2) is 70.5 Å². The monoisotopic (exact) mass is 416 g/mol. The maximum atomic E-state index is 5.46. The zero-order valence-electron chi connectivity index (χ0n) is 18.6. The third kappa shape index (κ3) is 12.8. The standard InChI is InChI=1S/C13H16O.C9H13.C2H7Si.Ti/c1-11(2)9-12(3)10-14-13-7-5-4-6-8-13;1-6-5-7(2)9(4)8(6)3;1-3-2;/h4-10H,1-3H3;6H,1-4H3;3H,1-2H3;/q;-1;;. The summed E-state index contributed by atoms with van der Waals surface area (Å²) in [5.41, 5.74) is 6.64. The molecule has 0 N–H and O–H groups in total. The van der Waals surface area contributed by atoms with Crippen LogP contribution in [-0.2, 0) is 21.7 Å². The van der Waals surface area contributed by atoms with Gasteiger partial charge in [-0.25, -0.2) is 5.57 Å². The van der Waals surface area contributed by atoms with Crippen molar-refractivity contribution >= 4 is 9.52 Å². The minimum Gasteiger partial charge on any atom is -0.465 e. The number of hydrogen-bond acceptors (Lipinski definition) is 1. The van der Waals surface area contributed by atoms with Crippen molar-refractivity contribution in [3.8, 4) is 5.75 Å². The van der Waals surface area contributed by atoms with Crippen LogP contribution in [0.4, 0.5) is 0 Å². The zero-order chi connectivity index (χ0) is 20.1. The first-order valence-corrected chi connectivity index (χ1v) is 11.6. The topological polar surface area (TPSA) is 9.23 Å². The van der Waals surface area contributed by atoms with Crippen LogP contribution in [0.3, 0.4) is 0 Å². The Balaban J connectivity index is 0. The van der Waals surface area contributed by atoms with Crippen molar-refractivity contribution in [2.75, 3.05) is 0 Å².